The van der Waals surface area contributed by atoms with Crippen molar-refractivity contribution >= 4 is 11.6 Å². The third-order valence-electron chi connectivity index (χ3n) is 4.56. The van der Waals surface area contributed by atoms with Crippen LogP contribution in [0, 0.1) is 0 Å². The summed E-state index contributed by atoms with van der Waals surface area (Å²) >= 11 is 6.22. The summed E-state index contributed by atoms with van der Waals surface area (Å²) in [6.45, 7) is 0. The minimum Gasteiger partial charge on any atom is -0.386 e. The van der Waals surface area contributed by atoms with Crippen molar-refractivity contribution in [2.45, 2.75) is 37.2 Å². The molecule has 2 aromatic rings. The molecule has 3 nitrogen and oxygen atoms in total. The second kappa shape index (κ2) is 5.23. The molecule has 1 aliphatic rings. The van der Waals surface area contributed by atoms with Gasteiger partial charge in [-0.25, -0.2) is 0 Å². The Morgan fingerprint density at radius 1 is 1.25 bits per heavy atom. The highest BCUT2D eigenvalue weighted by Gasteiger charge is 2.44. The van der Waals surface area contributed by atoms with Crippen molar-refractivity contribution in [1.82, 2.24) is 9.78 Å². The highest BCUT2D eigenvalue weighted by molar-refractivity contribution is 6.31. The molecule has 1 unspecified atom stereocenters. The van der Waals surface area contributed by atoms with Crippen LogP contribution in [-0.2, 0) is 12.5 Å². The Morgan fingerprint density at radius 2 is 1.90 bits per heavy atom. The fraction of sp³-hybridized carbons (Fsp3) is 0.438. The second-order valence-corrected chi connectivity index (χ2v) is 6.04. The molecule has 1 heterocycles. The van der Waals surface area contributed by atoms with Crippen molar-refractivity contribution in [1.29, 1.82) is 0 Å². The molecule has 0 radical (unpaired) electrons. The highest BCUT2D eigenvalue weighted by atomic mass is 35.5. The van der Waals surface area contributed by atoms with E-state index in [1.54, 1.807) is 10.9 Å². The first kappa shape index (κ1) is 13.7. The molecule has 20 heavy (non-hydrogen) atoms. The Hall–Kier alpha value is -1.32. The quantitative estimate of drug-likeness (QED) is 0.937. The lowest BCUT2D eigenvalue weighted by Gasteiger charge is -2.35. The van der Waals surface area contributed by atoms with Crippen LogP contribution >= 0.6 is 11.6 Å². The molecule has 0 aliphatic heterocycles. The molecule has 1 fully saturated rings. The van der Waals surface area contributed by atoms with Crippen molar-refractivity contribution in [3.8, 4) is 0 Å². The Kier molecular flexibility index (Phi) is 3.57. The number of hydrogen-bond donors (Lipinski definition) is 1. The van der Waals surface area contributed by atoms with E-state index >= 15 is 0 Å². The topological polar surface area (TPSA) is 38.0 Å². The van der Waals surface area contributed by atoms with Crippen LogP contribution in [0.2, 0.25) is 5.02 Å². The normalized spacial score (nSPS) is 19.1. The summed E-state index contributed by atoms with van der Waals surface area (Å²) in [5.74, 6) is 0. The van der Waals surface area contributed by atoms with Crippen LogP contribution in [0.15, 0.2) is 36.5 Å². The number of aromatic nitrogens is 2. The summed E-state index contributed by atoms with van der Waals surface area (Å²) in [6.07, 6.45) is 5.24. The average Bonchev–Trinajstić information content (AvgIpc) is 3.08. The van der Waals surface area contributed by atoms with Crippen LogP contribution < -0.4 is 0 Å². The van der Waals surface area contributed by atoms with Gasteiger partial charge in [-0.15, -0.1) is 0 Å². The van der Waals surface area contributed by atoms with Gasteiger partial charge in [0.15, 0.2) is 0 Å². The van der Waals surface area contributed by atoms with Crippen molar-refractivity contribution in [2.75, 3.05) is 0 Å². The van der Waals surface area contributed by atoms with Gasteiger partial charge in [-0.1, -0.05) is 54.8 Å². The predicted molar refractivity (Wildman–Crippen MR) is 79.8 cm³/mol. The number of hydrogen-bond acceptors (Lipinski definition) is 2. The molecule has 1 atom stereocenters. The van der Waals surface area contributed by atoms with Crippen molar-refractivity contribution in [3.05, 3.63) is 52.8 Å². The number of rotatable bonds is 3. The summed E-state index contributed by atoms with van der Waals surface area (Å²) in [7, 11) is 1.83. The fourth-order valence-electron chi connectivity index (χ4n) is 3.49. The molecule has 0 saturated heterocycles. The van der Waals surface area contributed by atoms with Gasteiger partial charge in [0.1, 0.15) is 6.10 Å². The van der Waals surface area contributed by atoms with E-state index in [9.17, 15) is 5.11 Å². The zero-order valence-electron chi connectivity index (χ0n) is 11.6. The average molecular weight is 291 g/mol. The summed E-state index contributed by atoms with van der Waals surface area (Å²) in [5, 5.41) is 15.7. The molecule has 3 rings (SSSR count). The molecule has 1 aliphatic carbocycles. The Balaban J connectivity index is 2.08. The zero-order valence-corrected chi connectivity index (χ0v) is 12.3. The van der Waals surface area contributed by atoms with E-state index in [1.807, 2.05) is 25.2 Å². The lowest BCUT2D eigenvalue weighted by molar-refractivity contribution is 0.0749. The van der Waals surface area contributed by atoms with Crippen molar-refractivity contribution < 1.29 is 5.11 Å². The number of halogens is 1. The van der Waals surface area contributed by atoms with Gasteiger partial charge in [0.05, 0.1) is 16.9 Å². The zero-order chi connectivity index (χ0) is 14.2. The third kappa shape index (κ3) is 2.05. The van der Waals surface area contributed by atoms with E-state index in [-0.39, 0.29) is 5.41 Å². The lowest BCUT2D eigenvalue weighted by Crippen LogP contribution is -2.32. The summed E-state index contributed by atoms with van der Waals surface area (Å²) in [6, 6.07) is 10.3. The number of aliphatic hydroxyl groups is 1. The van der Waals surface area contributed by atoms with E-state index in [2.05, 4.69) is 17.2 Å². The van der Waals surface area contributed by atoms with Crippen molar-refractivity contribution in [2.24, 2.45) is 7.05 Å². The molecule has 106 valence electrons. The maximum absolute atomic E-state index is 11.0. The maximum Gasteiger partial charge on any atom is 0.107 e. The summed E-state index contributed by atoms with van der Waals surface area (Å²) in [5.41, 5.74) is 1.68. The van der Waals surface area contributed by atoms with Crippen molar-refractivity contribution in [3.63, 3.8) is 0 Å². The van der Waals surface area contributed by atoms with Gasteiger partial charge in [0.25, 0.3) is 0 Å². The smallest absolute Gasteiger partial charge is 0.107 e. The lowest BCUT2D eigenvalue weighted by atomic mass is 9.73. The first-order valence-electron chi connectivity index (χ1n) is 7.06. The standard InChI is InChI=1S/C16H19ClN2O/c1-19-14(13(17)11-18-19)15(20)16(9-5-6-10-16)12-7-3-2-4-8-12/h2-4,7-8,11,15,20H,5-6,9-10H2,1H3. The maximum atomic E-state index is 11.0. The number of benzene rings is 1. The van der Waals surface area contributed by atoms with E-state index < -0.39 is 6.10 Å². The van der Waals surface area contributed by atoms with Gasteiger partial charge in [0.2, 0.25) is 0 Å². The first-order chi connectivity index (χ1) is 9.65. The summed E-state index contributed by atoms with van der Waals surface area (Å²) in [4.78, 5) is 0. The SMILES string of the molecule is Cn1ncc(Cl)c1C(O)C1(c2ccccc2)CCCC1. The van der Waals surface area contributed by atoms with Gasteiger partial charge in [-0.05, 0) is 18.4 Å². The number of aryl methyl sites for hydroxylation is 1. The van der Waals surface area contributed by atoms with Crippen LogP contribution in [-0.4, -0.2) is 14.9 Å². The van der Waals surface area contributed by atoms with E-state index in [0.29, 0.717) is 5.02 Å². The van der Waals surface area contributed by atoms with Gasteiger partial charge in [-0.2, -0.15) is 5.10 Å². The molecule has 1 N–H and O–H groups in total. The molecule has 0 spiro atoms. The minimum absolute atomic E-state index is 0.237. The predicted octanol–water partition coefficient (Wildman–Crippen LogP) is 3.62. The Labute approximate surface area is 124 Å². The molecule has 0 amide bonds. The second-order valence-electron chi connectivity index (χ2n) is 5.63. The van der Waals surface area contributed by atoms with Crippen LogP contribution in [0.5, 0.6) is 0 Å². The largest absolute Gasteiger partial charge is 0.386 e. The van der Waals surface area contributed by atoms with Gasteiger partial charge in [0, 0.05) is 12.5 Å². The summed E-state index contributed by atoms with van der Waals surface area (Å²) < 4.78 is 1.69. The first-order valence-corrected chi connectivity index (χ1v) is 7.44. The molecule has 4 heteroatoms. The monoisotopic (exact) mass is 290 g/mol. The molecular weight excluding hydrogens is 272 g/mol. The fourth-order valence-corrected chi connectivity index (χ4v) is 3.75. The van der Waals surface area contributed by atoms with E-state index in [4.69, 9.17) is 11.6 Å². The van der Waals surface area contributed by atoms with E-state index in [0.717, 1.165) is 31.4 Å². The number of nitrogens with zero attached hydrogens (tertiary/aromatic N) is 2. The van der Waals surface area contributed by atoms with Crippen LogP contribution in [0.4, 0.5) is 0 Å². The van der Waals surface area contributed by atoms with Crippen LogP contribution in [0.3, 0.4) is 0 Å². The molecule has 0 bridgehead atoms. The number of aliphatic hydroxyl groups excluding tert-OH is 1. The third-order valence-corrected chi connectivity index (χ3v) is 4.86. The molecule has 1 aromatic carbocycles. The Morgan fingerprint density at radius 3 is 2.45 bits per heavy atom. The molecule has 1 saturated carbocycles. The van der Waals surface area contributed by atoms with E-state index in [1.165, 1.54) is 5.56 Å². The minimum atomic E-state index is -0.618. The Bertz CT molecular complexity index is 568. The van der Waals surface area contributed by atoms with Crippen LogP contribution in [0.1, 0.15) is 43.0 Å². The highest BCUT2D eigenvalue weighted by Crippen LogP contribution is 2.50. The van der Waals surface area contributed by atoms with Gasteiger partial charge < -0.3 is 5.11 Å². The van der Waals surface area contributed by atoms with Gasteiger partial charge in [-0.3, -0.25) is 4.68 Å². The van der Waals surface area contributed by atoms with Crippen LogP contribution in [0.25, 0.3) is 0 Å². The van der Waals surface area contributed by atoms with Gasteiger partial charge >= 0.3 is 0 Å². The molecular formula is C16H19ClN2O. The molecule has 1 aromatic heterocycles.